The number of hydrogen-bond donors (Lipinski definition) is 0. The molecule has 2 atom stereocenters. The highest BCUT2D eigenvalue weighted by atomic mass is 16.5. The van der Waals surface area contributed by atoms with Gasteiger partial charge in [-0.3, -0.25) is 0 Å². The number of allylic oxidation sites excluding steroid dienone is 2. The fourth-order valence-corrected chi connectivity index (χ4v) is 1.26. The summed E-state index contributed by atoms with van der Waals surface area (Å²) in [4.78, 5) is 10.8. The van der Waals surface area contributed by atoms with E-state index in [0.717, 1.165) is 0 Å². The lowest BCUT2D eigenvalue weighted by Crippen LogP contribution is -2.26. The summed E-state index contributed by atoms with van der Waals surface area (Å²) in [5.74, 6) is 0.00361. The van der Waals surface area contributed by atoms with Gasteiger partial charge in [-0.15, -0.1) is 0 Å². The van der Waals surface area contributed by atoms with Crippen LogP contribution >= 0.6 is 0 Å². The van der Waals surface area contributed by atoms with Gasteiger partial charge in [0.15, 0.2) is 0 Å². The molecule has 1 aliphatic heterocycles. The number of hydrogen-bond acceptors (Lipinski definition) is 2. The highest BCUT2D eigenvalue weighted by Gasteiger charge is 2.23. The molecule has 0 saturated carbocycles. The molecule has 1 heterocycles. The highest BCUT2D eigenvalue weighted by molar-refractivity contribution is 5.83. The molecule has 2 nitrogen and oxygen atoms in total. The van der Waals surface area contributed by atoms with Crippen molar-refractivity contribution in [3.63, 3.8) is 0 Å². The first-order chi connectivity index (χ1) is 7.36. The predicted octanol–water partition coefficient (Wildman–Crippen LogP) is 3.26. The minimum Gasteiger partial charge on any atom is -0.454 e. The van der Waals surface area contributed by atoms with Crippen molar-refractivity contribution < 1.29 is 9.53 Å². The molecular formula is C14H20O2. The lowest BCUT2D eigenvalue weighted by Gasteiger charge is -2.23. The van der Waals surface area contributed by atoms with Gasteiger partial charge in [0.05, 0.1) is 0 Å². The molecule has 0 amide bonds. The van der Waals surface area contributed by atoms with Gasteiger partial charge < -0.3 is 4.74 Å². The number of esters is 1. The number of carbonyl (C=O) groups is 1. The third-order valence-electron chi connectivity index (χ3n) is 1.83. The maximum atomic E-state index is 10.8. The molecule has 0 aromatic heterocycles. The SMILES string of the molecule is CC(C)(C)C.O=C1C=CC2C=CC=CC2O1. The molecule has 0 aromatic rings. The average molecular weight is 220 g/mol. The van der Waals surface area contributed by atoms with Crippen molar-refractivity contribution in [1.82, 2.24) is 0 Å². The monoisotopic (exact) mass is 220 g/mol. The first-order valence-electron chi connectivity index (χ1n) is 5.60. The van der Waals surface area contributed by atoms with E-state index in [4.69, 9.17) is 4.74 Å². The Labute approximate surface area is 97.7 Å². The van der Waals surface area contributed by atoms with Crippen LogP contribution in [0.15, 0.2) is 36.5 Å². The van der Waals surface area contributed by atoms with E-state index in [1.807, 2.05) is 30.4 Å². The number of carbonyl (C=O) groups excluding carboxylic acids is 1. The Bertz CT molecular complexity index is 323. The third-order valence-corrected chi connectivity index (χ3v) is 1.83. The normalized spacial score (nSPS) is 26.6. The molecule has 0 aromatic carbocycles. The van der Waals surface area contributed by atoms with Crippen LogP contribution < -0.4 is 0 Å². The average Bonchev–Trinajstić information content (AvgIpc) is 2.15. The zero-order valence-corrected chi connectivity index (χ0v) is 10.4. The van der Waals surface area contributed by atoms with Gasteiger partial charge in [0, 0.05) is 12.0 Å². The van der Waals surface area contributed by atoms with E-state index in [0.29, 0.717) is 5.41 Å². The lowest BCUT2D eigenvalue weighted by molar-refractivity contribution is -0.143. The van der Waals surface area contributed by atoms with Crippen LogP contribution in [0, 0.1) is 11.3 Å². The molecular weight excluding hydrogens is 200 g/mol. The predicted molar refractivity (Wildman–Crippen MR) is 65.9 cm³/mol. The molecule has 0 spiro atoms. The maximum absolute atomic E-state index is 10.8. The molecule has 2 heteroatoms. The topological polar surface area (TPSA) is 26.3 Å². The molecule has 0 saturated heterocycles. The Morgan fingerprint density at radius 1 is 1.06 bits per heavy atom. The summed E-state index contributed by atoms with van der Waals surface area (Å²) in [6, 6.07) is 0. The van der Waals surface area contributed by atoms with Crippen LogP contribution in [0.5, 0.6) is 0 Å². The summed E-state index contributed by atoms with van der Waals surface area (Å²) < 4.78 is 5.03. The summed E-state index contributed by atoms with van der Waals surface area (Å²) in [6.45, 7) is 8.75. The van der Waals surface area contributed by atoms with Crippen LogP contribution in [0.3, 0.4) is 0 Å². The minimum atomic E-state index is -0.244. The van der Waals surface area contributed by atoms with Crippen molar-refractivity contribution in [2.75, 3.05) is 0 Å². The van der Waals surface area contributed by atoms with Crippen LogP contribution in [0.1, 0.15) is 27.7 Å². The zero-order valence-electron chi connectivity index (χ0n) is 10.4. The molecule has 0 radical (unpaired) electrons. The molecule has 0 N–H and O–H groups in total. The number of ether oxygens (including phenoxy) is 1. The highest BCUT2D eigenvalue weighted by Crippen LogP contribution is 2.20. The molecule has 16 heavy (non-hydrogen) atoms. The van der Waals surface area contributed by atoms with Crippen LogP contribution in [-0.4, -0.2) is 12.1 Å². The van der Waals surface area contributed by atoms with Crippen LogP contribution in [-0.2, 0) is 9.53 Å². The second-order valence-electron chi connectivity index (χ2n) is 5.61. The molecule has 0 fully saturated rings. The van der Waals surface area contributed by atoms with Crippen LogP contribution in [0.25, 0.3) is 0 Å². The summed E-state index contributed by atoms with van der Waals surface area (Å²) in [7, 11) is 0. The second kappa shape index (κ2) is 5.15. The number of fused-ring (bicyclic) bond motifs is 1. The van der Waals surface area contributed by atoms with Gasteiger partial charge in [-0.25, -0.2) is 4.79 Å². The molecule has 88 valence electrons. The largest absolute Gasteiger partial charge is 0.454 e. The first-order valence-corrected chi connectivity index (χ1v) is 5.60. The van der Waals surface area contributed by atoms with Crippen molar-refractivity contribution in [2.24, 2.45) is 11.3 Å². The number of rotatable bonds is 0. The Kier molecular flexibility index (Phi) is 4.11. The Morgan fingerprint density at radius 3 is 2.25 bits per heavy atom. The Hall–Kier alpha value is -1.31. The zero-order chi connectivity index (χ0) is 12.2. The van der Waals surface area contributed by atoms with Gasteiger partial charge in [0.25, 0.3) is 0 Å². The Balaban J connectivity index is 0.000000221. The van der Waals surface area contributed by atoms with E-state index >= 15 is 0 Å². The van der Waals surface area contributed by atoms with E-state index in [2.05, 4.69) is 27.7 Å². The molecule has 0 bridgehead atoms. The van der Waals surface area contributed by atoms with E-state index in [1.165, 1.54) is 6.08 Å². The van der Waals surface area contributed by atoms with Crippen molar-refractivity contribution in [2.45, 2.75) is 33.8 Å². The summed E-state index contributed by atoms with van der Waals surface area (Å²) in [5, 5.41) is 0. The van der Waals surface area contributed by atoms with Crippen molar-refractivity contribution in [3.05, 3.63) is 36.5 Å². The van der Waals surface area contributed by atoms with Crippen LogP contribution in [0.2, 0.25) is 0 Å². The fourth-order valence-electron chi connectivity index (χ4n) is 1.26. The van der Waals surface area contributed by atoms with E-state index in [9.17, 15) is 4.79 Å². The van der Waals surface area contributed by atoms with Gasteiger partial charge in [0.2, 0.25) is 0 Å². The second-order valence-corrected chi connectivity index (χ2v) is 5.61. The quantitative estimate of drug-likeness (QED) is 0.586. The van der Waals surface area contributed by atoms with E-state index < -0.39 is 0 Å². The summed E-state index contributed by atoms with van der Waals surface area (Å²) in [5.41, 5.74) is 0.500. The van der Waals surface area contributed by atoms with E-state index in [1.54, 1.807) is 0 Å². The van der Waals surface area contributed by atoms with Gasteiger partial charge in [-0.05, 0) is 11.5 Å². The summed E-state index contributed by atoms with van der Waals surface area (Å²) >= 11 is 0. The van der Waals surface area contributed by atoms with Gasteiger partial charge in [0.1, 0.15) is 6.10 Å². The summed E-state index contributed by atoms with van der Waals surface area (Å²) in [6.07, 6.45) is 11.1. The standard InChI is InChI=1S/C9H8O2.C5H12/c10-9-6-5-7-3-1-2-4-8(7)11-9;1-5(2,3)4/h1-8H;1-4H3. The van der Waals surface area contributed by atoms with Gasteiger partial charge >= 0.3 is 5.97 Å². The molecule has 2 unspecified atom stereocenters. The maximum Gasteiger partial charge on any atom is 0.331 e. The third kappa shape index (κ3) is 4.96. The van der Waals surface area contributed by atoms with Crippen molar-refractivity contribution >= 4 is 5.97 Å². The van der Waals surface area contributed by atoms with Gasteiger partial charge in [-0.2, -0.15) is 0 Å². The van der Waals surface area contributed by atoms with Gasteiger partial charge in [-0.1, -0.05) is 52.0 Å². The Morgan fingerprint density at radius 2 is 1.62 bits per heavy atom. The van der Waals surface area contributed by atoms with Crippen molar-refractivity contribution in [3.8, 4) is 0 Å². The first kappa shape index (κ1) is 12.8. The molecule has 2 aliphatic rings. The lowest BCUT2D eigenvalue weighted by atomic mass is 9.95. The van der Waals surface area contributed by atoms with Crippen molar-refractivity contribution in [1.29, 1.82) is 0 Å². The molecule has 1 aliphatic carbocycles. The minimum absolute atomic E-state index is 0.0718. The smallest absolute Gasteiger partial charge is 0.331 e. The molecule has 2 rings (SSSR count). The van der Waals surface area contributed by atoms with E-state index in [-0.39, 0.29) is 18.0 Å². The fraction of sp³-hybridized carbons (Fsp3) is 0.500. The van der Waals surface area contributed by atoms with Crippen LogP contribution in [0.4, 0.5) is 0 Å².